The van der Waals surface area contributed by atoms with Crippen LogP contribution in [0, 0.1) is 0 Å². The first-order valence-corrected chi connectivity index (χ1v) is 9.84. The maximum atomic E-state index is 12.4. The second-order valence-electron chi connectivity index (χ2n) is 4.97. The maximum Gasteiger partial charge on any atom is 0.313 e. The van der Waals surface area contributed by atoms with Gasteiger partial charge in [0.05, 0.1) is 23.0 Å². The Bertz CT molecular complexity index is 982. The van der Waals surface area contributed by atoms with E-state index in [1.54, 1.807) is 48.5 Å². The van der Waals surface area contributed by atoms with Gasteiger partial charge in [-0.1, -0.05) is 18.2 Å². The molecular formula is C16H14N2O4S2. The molecule has 0 fully saturated rings. The van der Waals surface area contributed by atoms with Crippen LogP contribution in [0.25, 0.3) is 11.0 Å². The summed E-state index contributed by atoms with van der Waals surface area (Å²) in [7, 11) is -1.40. The number of nitrogens with zero attached hydrogens (tertiary/aromatic N) is 1. The van der Waals surface area contributed by atoms with Gasteiger partial charge in [0.1, 0.15) is 12.2 Å². The molecule has 0 aliphatic rings. The lowest BCUT2D eigenvalue weighted by Gasteiger charge is -2.03. The van der Waals surface area contributed by atoms with E-state index in [1.165, 1.54) is 7.11 Å². The van der Waals surface area contributed by atoms with Gasteiger partial charge in [-0.25, -0.2) is 13.4 Å². The molecule has 24 heavy (non-hydrogen) atoms. The average molecular weight is 362 g/mol. The number of nitrogens with one attached hydrogen (secondary N) is 1. The van der Waals surface area contributed by atoms with E-state index in [-0.39, 0.29) is 11.3 Å². The summed E-state index contributed by atoms with van der Waals surface area (Å²) < 4.78 is 29.4. The molecule has 8 heteroatoms. The predicted molar refractivity (Wildman–Crippen MR) is 91.3 cm³/mol. The molecule has 0 aliphatic carbocycles. The number of methoxy groups -OCH3 is 1. The summed E-state index contributed by atoms with van der Waals surface area (Å²) in [6.45, 7) is 0. The molecule has 0 bridgehead atoms. The molecule has 6 nitrogen and oxygen atoms in total. The summed E-state index contributed by atoms with van der Waals surface area (Å²) in [5.41, 5.74) is 1.33. The topological polar surface area (TPSA) is 89.1 Å². The minimum Gasteiger partial charge on any atom is -0.469 e. The first-order chi connectivity index (χ1) is 11.5. The fourth-order valence-electron chi connectivity index (χ4n) is 2.15. The Morgan fingerprint density at radius 2 is 1.96 bits per heavy atom. The lowest BCUT2D eigenvalue weighted by Crippen LogP contribution is -2.05. The Kier molecular flexibility index (Phi) is 4.59. The Hall–Kier alpha value is -2.32. The summed E-state index contributed by atoms with van der Waals surface area (Å²) in [4.78, 5) is 19.4. The molecule has 2 aromatic carbocycles. The number of ether oxygens (including phenoxy) is 1. The molecule has 0 saturated carbocycles. The third kappa shape index (κ3) is 3.60. The highest BCUT2D eigenvalue weighted by Gasteiger charge is 2.17. The average Bonchev–Trinajstić information content (AvgIpc) is 2.96. The quantitative estimate of drug-likeness (QED) is 0.554. The van der Waals surface area contributed by atoms with Crippen LogP contribution < -0.4 is 0 Å². The van der Waals surface area contributed by atoms with Gasteiger partial charge in [-0.3, -0.25) is 4.79 Å². The molecule has 0 unspecified atom stereocenters. The Morgan fingerprint density at radius 3 is 2.67 bits per heavy atom. The van der Waals surface area contributed by atoms with Crippen molar-refractivity contribution in [2.45, 2.75) is 16.2 Å². The predicted octanol–water partition coefficient (Wildman–Crippen LogP) is 2.76. The van der Waals surface area contributed by atoms with E-state index in [9.17, 15) is 13.2 Å². The van der Waals surface area contributed by atoms with Crippen molar-refractivity contribution in [3.05, 3.63) is 54.4 Å². The first kappa shape index (κ1) is 16.5. The number of carbonyl (C=O) groups is 1. The van der Waals surface area contributed by atoms with Crippen molar-refractivity contribution >= 4 is 36.7 Å². The van der Waals surface area contributed by atoms with Crippen molar-refractivity contribution in [3.63, 3.8) is 0 Å². The Morgan fingerprint density at radius 1 is 1.21 bits per heavy atom. The standard InChI is InChI=1S/C16H14N2O4S2/c1-22-16(19)10-15-17-13-8-7-11(9-14(13)18-15)23-24(20,21)12-5-3-2-4-6-12/h2-9H,10H2,1H3,(H,17,18). The van der Waals surface area contributed by atoms with E-state index in [2.05, 4.69) is 14.7 Å². The summed E-state index contributed by atoms with van der Waals surface area (Å²) in [6, 6.07) is 13.4. The molecule has 0 saturated heterocycles. The van der Waals surface area contributed by atoms with Crippen molar-refractivity contribution in [1.29, 1.82) is 0 Å². The number of hydrogen-bond donors (Lipinski definition) is 1. The molecule has 3 aromatic rings. The fraction of sp³-hybridized carbons (Fsp3) is 0.125. The minimum absolute atomic E-state index is 0.0377. The second kappa shape index (κ2) is 6.66. The van der Waals surface area contributed by atoms with Crippen LogP contribution in [0.5, 0.6) is 0 Å². The molecule has 124 valence electrons. The highest BCUT2D eigenvalue weighted by Crippen LogP contribution is 2.32. The largest absolute Gasteiger partial charge is 0.469 e. The number of hydrogen-bond acceptors (Lipinski definition) is 6. The Balaban J connectivity index is 1.87. The zero-order chi connectivity index (χ0) is 17.2. The van der Waals surface area contributed by atoms with Crippen LogP contribution in [0.15, 0.2) is 58.3 Å². The molecule has 1 N–H and O–H groups in total. The van der Waals surface area contributed by atoms with Crippen LogP contribution in [0.4, 0.5) is 0 Å². The number of carbonyl (C=O) groups excluding carboxylic acids is 1. The summed E-state index contributed by atoms with van der Waals surface area (Å²) in [6.07, 6.45) is 0.0377. The summed E-state index contributed by atoms with van der Waals surface area (Å²) >= 11 is 0. The van der Waals surface area contributed by atoms with Gasteiger partial charge in [0.2, 0.25) is 8.87 Å². The molecule has 0 aliphatic heterocycles. The summed E-state index contributed by atoms with van der Waals surface area (Å²) in [5, 5.41) is 0. The molecule has 0 atom stereocenters. The molecule has 1 heterocycles. The van der Waals surface area contributed by atoms with Gasteiger partial charge < -0.3 is 9.72 Å². The van der Waals surface area contributed by atoms with Gasteiger partial charge in [0, 0.05) is 15.7 Å². The highest BCUT2D eigenvalue weighted by molar-refractivity contribution is 8.72. The number of imidazole rings is 1. The fourth-order valence-corrected chi connectivity index (χ4v) is 4.97. The molecule has 0 amide bonds. The summed E-state index contributed by atoms with van der Waals surface area (Å²) in [5.74, 6) is 0.0835. The van der Waals surface area contributed by atoms with Gasteiger partial charge in [-0.15, -0.1) is 0 Å². The highest BCUT2D eigenvalue weighted by atomic mass is 33.1. The monoisotopic (exact) mass is 362 g/mol. The van der Waals surface area contributed by atoms with E-state index < -0.39 is 14.8 Å². The molecule has 0 spiro atoms. The van der Waals surface area contributed by atoms with Crippen molar-refractivity contribution in [2.24, 2.45) is 0 Å². The van der Waals surface area contributed by atoms with E-state index in [0.29, 0.717) is 21.8 Å². The zero-order valence-corrected chi connectivity index (χ0v) is 14.4. The third-order valence-corrected chi connectivity index (χ3v) is 6.61. The van der Waals surface area contributed by atoms with Crippen LogP contribution in [-0.4, -0.2) is 31.5 Å². The lowest BCUT2D eigenvalue weighted by atomic mass is 10.3. The molecular weight excluding hydrogens is 348 g/mol. The normalized spacial score (nSPS) is 11.5. The van der Waals surface area contributed by atoms with Crippen LogP contribution in [0.1, 0.15) is 5.82 Å². The molecule has 1 aromatic heterocycles. The van der Waals surface area contributed by atoms with E-state index >= 15 is 0 Å². The SMILES string of the molecule is COC(=O)Cc1nc2ccc(SS(=O)(=O)c3ccccc3)cc2[nH]1. The van der Waals surface area contributed by atoms with Gasteiger partial charge >= 0.3 is 5.97 Å². The number of fused-ring (bicyclic) bond motifs is 1. The van der Waals surface area contributed by atoms with Crippen molar-refractivity contribution in [2.75, 3.05) is 7.11 Å². The van der Waals surface area contributed by atoms with Gasteiger partial charge in [0.25, 0.3) is 0 Å². The number of esters is 1. The van der Waals surface area contributed by atoms with Gasteiger partial charge in [-0.05, 0) is 30.3 Å². The lowest BCUT2D eigenvalue weighted by molar-refractivity contribution is -0.139. The van der Waals surface area contributed by atoms with Crippen LogP contribution in [0.2, 0.25) is 0 Å². The van der Waals surface area contributed by atoms with Gasteiger partial charge in [0.15, 0.2) is 0 Å². The number of rotatable bonds is 5. The smallest absolute Gasteiger partial charge is 0.313 e. The zero-order valence-electron chi connectivity index (χ0n) is 12.7. The maximum absolute atomic E-state index is 12.4. The minimum atomic E-state index is -3.49. The third-order valence-electron chi connectivity index (χ3n) is 3.28. The number of H-pyrrole nitrogens is 1. The van der Waals surface area contributed by atoms with Crippen LogP contribution >= 0.6 is 10.8 Å². The first-order valence-electron chi connectivity index (χ1n) is 7.03. The number of benzene rings is 2. The van der Waals surface area contributed by atoms with Crippen LogP contribution in [0.3, 0.4) is 0 Å². The van der Waals surface area contributed by atoms with Crippen LogP contribution in [-0.2, 0) is 24.8 Å². The second-order valence-corrected chi connectivity index (χ2v) is 8.80. The van der Waals surface area contributed by atoms with E-state index in [0.717, 1.165) is 10.8 Å². The number of aromatic amines is 1. The molecule has 3 rings (SSSR count). The van der Waals surface area contributed by atoms with Crippen molar-refractivity contribution < 1.29 is 17.9 Å². The van der Waals surface area contributed by atoms with Crippen molar-refractivity contribution in [3.8, 4) is 0 Å². The van der Waals surface area contributed by atoms with Gasteiger partial charge in [-0.2, -0.15) is 0 Å². The number of aromatic nitrogens is 2. The van der Waals surface area contributed by atoms with Crippen molar-refractivity contribution in [1.82, 2.24) is 9.97 Å². The Labute approximate surface area is 142 Å². The van der Waals surface area contributed by atoms with E-state index in [4.69, 9.17) is 0 Å². The molecule has 0 radical (unpaired) electrons. The van der Waals surface area contributed by atoms with E-state index in [1.807, 2.05) is 0 Å².